The van der Waals surface area contributed by atoms with Crippen LogP contribution in [0.15, 0.2) is 36.5 Å². The number of benzene rings is 1. The number of rotatable bonds is 3. The maximum atomic E-state index is 5.89. The molecule has 1 saturated heterocycles. The quantitative estimate of drug-likeness (QED) is 0.916. The van der Waals surface area contributed by atoms with E-state index in [0.717, 1.165) is 29.5 Å². The fourth-order valence-corrected chi connectivity index (χ4v) is 2.34. The summed E-state index contributed by atoms with van der Waals surface area (Å²) < 4.78 is 11.5. The summed E-state index contributed by atoms with van der Waals surface area (Å²) in [5, 5.41) is 1.04. The minimum absolute atomic E-state index is 0.145. The molecule has 1 fully saturated rings. The lowest BCUT2D eigenvalue weighted by molar-refractivity contribution is -0.0194. The monoisotopic (exact) mass is 258 g/mol. The summed E-state index contributed by atoms with van der Waals surface area (Å²) >= 11 is 0. The number of nitrogens with two attached hydrogens (primary N) is 1. The first-order valence-corrected chi connectivity index (χ1v) is 6.66. The van der Waals surface area contributed by atoms with Crippen molar-refractivity contribution in [2.24, 2.45) is 5.73 Å². The van der Waals surface area contributed by atoms with Crippen LogP contribution >= 0.6 is 0 Å². The molecule has 0 aliphatic carbocycles. The zero-order valence-electron chi connectivity index (χ0n) is 10.8. The van der Waals surface area contributed by atoms with Gasteiger partial charge in [-0.3, -0.25) is 4.98 Å². The van der Waals surface area contributed by atoms with Crippen molar-refractivity contribution in [3.05, 3.63) is 36.5 Å². The van der Waals surface area contributed by atoms with Crippen LogP contribution in [0.25, 0.3) is 10.9 Å². The summed E-state index contributed by atoms with van der Waals surface area (Å²) in [6, 6.07) is 10.1. The van der Waals surface area contributed by atoms with E-state index in [-0.39, 0.29) is 12.1 Å². The van der Waals surface area contributed by atoms with Crippen molar-refractivity contribution in [2.45, 2.75) is 25.0 Å². The molecule has 1 aromatic carbocycles. The van der Waals surface area contributed by atoms with E-state index < -0.39 is 0 Å². The van der Waals surface area contributed by atoms with E-state index >= 15 is 0 Å². The number of aromatic nitrogens is 1. The predicted molar refractivity (Wildman–Crippen MR) is 74.2 cm³/mol. The average molecular weight is 258 g/mol. The number of hydrogen-bond acceptors (Lipinski definition) is 4. The lowest BCUT2D eigenvalue weighted by Gasteiger charge is -2.26. The molecule has 2 atom stereocenters. The maximum Gasteiger partial charge on any atom is 0.130 e. The number of fused-ring (bicyclic) bond motifs is 1. The lowest BCUT2D eigenvalue weighted by Crippen LogP contribution is -2.37. The highest BCUT2D eigenvalue weighted by atomic mass is 16.5. The normalized spacial score (nSPS) is 23.4. The molecule has 100 valence electrons. The van der Waals surface area contributed by atoms with Crippen LogP contribution in [-0.2, 0) is 4.74 Å². The summed E-state index contributed by atoms with van der Waals surface area (Å²) in [6.45, 7) is 1.20. The Balaban J connectivity index is 1.68. The van der Waals surface area contributed by atoms with Gasteiger partial charge in [-0.25, -0.2) is 0 Å². The van der Waals surface area contributed by atoms with Gasteiger partial charge in [-0.05, 0) is 31.0 Å². The molecule has 1 aliphatic rings. The van der Waals surface area contributed by atoms with Gasteiger partial charge in [0.05, 0.1) is 18.2 Å². The van der Waals surface area contributed by atoms with E-state index in [9.17, 15) is 0 Å². The summed E-state index contributed by atoms with van der Waals surface area (Å²) in [5.74, 6) is 0.865. The second kappa shape index (κ2) is 5.55. The first-order valence-electron chi connectivity index (χ1n) is 6.66. The first-order chi connectivity index (χ1) is 9.33. The topological polar surface area (TPSA) is 57.4 Å². The molecule has 4 heteroatoms. The van der Waals surface area contributed by atoms with Gasteiger partial charge in [0.15, 0.2) is 0 Å². The Morgan fingerprint density at radius 2 is 2.16 bits per heavy atom. The molecule has 4 nitrogen and oxygen atoms in total. The van der Waals surface area contributed by atoms with Gasteiger partial charge < -0.3 is 15.2 Å². The van der Waals surface area contributed by atoms with Crippen molar-refractivity contribution in [1.82, 2.24) is 4.98 Å². The average Bonchev–Trinajstić information content (AvgIpc) is 2.47. The molecule has 0 amide bonds. The molecule has 0 spiro atoms. The first kappa shape index (κ1) is 12.4. The van der Waals surface area contributed by atoms with Crippen molar-refractivity contribution in [3.63, 3.8) is 0 Å². The second-order valence-electron chi connectivity index (χ2n) is 4.93. The number of pyridine rings is 1. The van der Waals surface area contributed by atoms with Crippen molar-refractivity contribution in [2.75, 3.05) is 13.2 Å². The van der Waals surface area contributed by atoms with Crippen LogP contribution in [0.2, 0.25) is 0 Å². The fraction of sp³-hybridized carbons (Fsp3) is 0.400. The number of nitrogens with zero attached hydrogens (tertiary/aromatic N) is 1. The van der Waals surface area contributed by atoms with Gasteiger partial charge >= 0.3 is 0 Å². The highest BCUT2D eigenvalue weighted by molar-refractivity contribution is 5.84. The molecule has 0 unspecified atom stereocenters. The van der Waals surface area contributed by atoms with Crippen LogP contribution in [-0.4, -0.2) is 30.3 Å². The standard InChI is InChI=1S/C15H18N2O2/c16-11-5-6-12(18-9-11)10-19-15-7-8-17-14-4-2-1-3-13(14)15/h1-4,7-8,11-12H,5-6,9-10,16H2/t11-,12+/m0/s1. The minimum Gasteiger partial charge on any atom is -0.490 e. The Kier molecular flexibility index (Phi) is 3.62. The van der Waals surface area contributed by atoms with Crippen LogP contribution in [0.3, 0.4) is 0 Å². The van der Waals surface area contributed by atoms with Gasteiger partial charge in [0.2, 0.25) is 0 Å². The molecular weight excluding hydrogens is 240 g/mol. The van der Waals surface area contributed by atoms with E-state index in [4.69, 9.17) is 15.2 Å². The summed E-state index contributed by atoms with van der Waals surface area (Å²) in [5.41, 5.74) is 6.76. The zero-order valence-corrected chi connectivity index (χ0v) is 10.8. The van der Waals surface area contributed by atoms with E-state index in [2.05, 4.69) is 4.98 Å². The third-order valence-electron chi connectivity index (χ3n) is 3.44. The molecule has 0 bridgehead atoms. The smallest absolute Gasteiger partial charge is 0.130 e. The number of hydrogen-bond donors (Lipinski definition) is 1. The number of ether oxygens (including phenoxy) is 2. The van der Waals surface area contributed by atoms with Gasteiger partial charge in [0, 0.05) is 17.6 Å². The van der Waals surface area contributed by atoms with Crippen LogP contribution in [0.4, 0.5) is 0 Å². The van der Waals surface area contributed by atoms with Crippen LogP contribution < -0.4 is 10.5 Å². The third-order valence-corrected chi connectivity index (χ3v) is 3.44. The van der Waals surface area contributed by atoms with Gasteiger partial charge in [-0.1, -0.05) is 12.1 Å². The van der Waals surface area contributed by atoms with E-state index in [1.165, 1.54) is 0 Å². The summed E-state index contributed by atoms with van der Waals surface area (Å²) in [4.78, 5) is 4.32. The van der Waals surface area contributed by atoms with Crippen molar-refractivity contribution >= 4 is 10.9 Å². The molecule has 0 radical (unpaired) electrons. The summed E-state index contributed by atoms with van der Waals surface area (Å²) in [7, 11) is 0. The minimum atomic E-state index is 0.145. The van der Waals surface area contributed by atoms with Crippen molar-refractivity contribution < 1.29 is 9.47 Å². The largest absolute Gasteiger partial charge is 0.490 e. The molecule has 1 aliphatic heterocycles. The molecule has 19 heavy (non-hydrogen) atoms. The zero-order chi connectivity index (χ0) is 13.1. The SMILES string of the molecule is N[C@H]1CC[C@H](COc2ccnc3ccccc23)OC1. The Morgan fingerprint density at radius 3 is 3.00 bits per heavy atom. The molecule has 1 aromatic heterocycles. The van der Waals surface area contributed by atoms with Crippen molar-refractivity contribution in [3.8, 4) is 5.75 Å². The van der Waals surface area contributed by atoms with Crippen LogP contribution in [0.5, 0.6) is 5.75 Å². The van der Waals surface area contributed by atoms with Gasteiger partial charge in [0.25, 0.3) is 0 Å². The van der Waals surface area contributed by atoms with Gasteiger partial charge in [-0.2, -0.15) is 0 Å². The molecule has 2 N–H and O–H groups in total. The van der Waals surface area contributed by atoms with Gasteiger partial charge in [-0.15, -0.1) is 0 Å². The molecule has 3 rings (SSSR count). The molecular formula is C15H18N2O2. The fourth-order valence-electron chi connectivity index (χ4n) is 2.34. The maximum absolute atomic E-state index is 5.89. The van der Waals surface area contributed by atoms with E-state index in [1.54, 1.807) is 6.20 Å². The molecule has 2 aromatic rings. The molecule has 2 heterocycles. The van der Waals surface area contributed by atoms with Crippen LogP contribution in [0.1, 0.15) is 12.8 Å². The van der Waals surface area contributed by atoms with Crippen LogP contribution in [0, 0.1) is 0 Å². The van der Waals surface area contributed by atoms with E-state index in [0.29, 0.717) is 13.2 Å². The second-order valence-corrected chi connectivity index (χ2v) is 4.93. The number of para-hydroxylation sites is 1. The van der Waals surface area contributed by atoms with E-state index in [1.807, 2.05) is 30.3 Å². The highest BCUT2D eigenvalue weighted by Crippen LogP contribution is 2.24. The lowest BCUT2D eigenvalue weighted by atomic mass is 10.1. The Morgan fingerprint density at radius 1 is 1.26 bits per heavy atom. The Labute approximate surface area is 112 Å². The summed E-state index contributed by atoms with van der Waals surface area (Å²) in [6.07, 6.45) is 3.89. The Bertz CT molecular complexity index is 545. The third kappa shape index (κ3) is 2.85. The Hall–Kier alpha value is -1.65. The predicted octanol–water partition coefficient (Wildman–Crippen LogP) is 2.12. The molecule has 0 saturated carbocycles. The van der Waals surface area contributed by atoms with Gasteiger partial charge in [0.1, 0.15) is 12.4 Å². The van der Waals surface area contributed by atoms with Crippen molar-refractivity contribution in [1.29, 1.82) is 0 Å². The highest BCUT2D eigenvalue weighted by Gasteiger charge is 2.19.